The fourth-order valence-corrected chi connectivity index (χ4v) is 2.24. The van der Waals surface area contributed by atoms with Crippen LogP contribution >= 0.6 is 0 Å². The normalized spacial score (nSPS) is 26.8. The summed E-state index contributed by atoms with van der Waals surface area (Å²) in [6.45, 7) is 7.36. The van der Waals surface area contributed by atoms with E-state index in [1.807, 2.05) is 0 Å². The van der Waals surface area contributed by atoms with Gasteiger partial charge in [0.05, 0.1) is 6.10 Å². The second-order valence-electron chi connectivity index (χ2n) is 4.86. The van der Waals surface area contributed by atoms with Crippen molar-refractivity contribution in [3.05, 3.63) is 11.8 Å². The predicted octanol–water partition coefficient (Wildman–Crippen LogP) is 3.83. The molecular formula is C14H27NO. The van der Waals surface area contributed by atoms with Crippen molar-refractivity contribution in [2.24, 2.45) is 5.92 Å². The van der Waals surface area contributed by atoms with Crippen molar-refractivity contribution in [2.45, 2.75) is 65.4 Å². The zero-order chi connectivity index (χ0) is 11.8. The summed E-state index contributed by atoms with van der Waals surface area (Å²) in [5.74, 6) is 0.902. The number of hydrogen-bond acceptors (Lipinski definition) is 2. The molecule has 0 saturated heterocycles. The molecule has 94 valence electrons. The van der Waals surface area contributed by atoms with Crippen LogP contribution in [0.4, 0.5) is 0 Å². The zero-order valence-corrected chi connectivity index (χ0v) is 11.1. The van der Waals surface area contributed by atoms with Crippen molar-refractivity contribution >= 4 is 0 Å². The molecule has 0 bridgehead atoms. The van der Waals surface area contributed by atoms with Gasteiger partial charge in [-0.15, -0.1) is 0 Å². The van der Waals surface area contributed by atoms with Crippen LogP contribution in [0.1, 0.15) is 59.3 Å². The first-order chi connectivity index (χ1) is 7.76. The molecule has 0 aromatic carbocycles. The highest BCUT2D eigenvalue weighted by molar-refractivity contribution is 4.97. The fraction of sp³-hybridized carbons (Fsp3) is 0.857. The van der Waals surface area contributed by atoms with Crippen molar-refractivity contribution in [1.82, 2.24) is 5.32 Å². The minimum absolute atomic E-state index is 0.489. The topological polar surface area (TPSA) is 21.3 Å². The lowest BCUT2D eigenvalue weighted by Gasteiger charge is -2.26. The molecule has 0 aromatic heterocycles. The molecule has 0 unspecified atom stereocenters. The highest BCUT2D eigenvalue weighted by atomic mass is 16.5. The van der Waals surface area contributed by atoms with Crippen molar-refractivity contribution < 1.29 is 4.74 Å². The van der Waals surface area contributed by atoms with Crippen LogP contribution in [-0.4, -0.2) is 12.8 Å². The van der Waals surface area contributed by atoms with Crippen LogP contribution in [0.25, 0.3) is 0 Å². The Labute approximate surface area is 100 Å². The van der Waals surface area contributed by atoms with Crippen LogP contribution in [0.2, 0.25) is 0 Å². The van der Waals surface area contributed by atoms with Gasteiger partial charge in [0.15, 0.2) is 0 Å². The van der Waals surface area contributed by atoms with Gasteiger partial charge in [0, 0.05) is 5.70 Å². The lowest BCUT2D eigenvalue weighted by atomic mass is 9.89. The average Bonchev–Trinajstić information content (AvgIpc) is 2.30. The van der Waals surface area contributed by atoms with E-state index in [0.29, 0.717) is 12.8 Å². The van der Waals surface area contributed by atoms with E-state index in [2.05, 4.69) is 32.2 Å². The molecule has 0 heterocycles. The number of rotatable bonds is 6. The molecular weight excluding hydrogens is 198 g/mol. The molecule has 1 N–H and O–H groups in total. The average molecular weight is 225 g/mol. The molecule has 0 atom stereocenters. The standard InChI is InChI=1S/C14H27NO/c1-4-6-13(5-2)15-11-16-14-9-7-12(3)8-10-14/h6,12,14-15H,4-5,7-11H2,1-3H3/b13-6+. The van der Waals surface area contributed by atoms with E-state index in [9.17, 15) is 0 Å². The van der Waals surface area contributed by atoms with E-state index in [1.165, 1.54) is 31.4 Å². The Hall–Kier alpha value is -0.500. The molecule has 1 rings (SSSR count). The Morgan fingerprint density at radius 2 is 1.94 bits per heavy atom. The maximum Gasteiger partial charge on any atom is 0.116 e. The molecule has 1 aliphatic carbocycles. The molecule has 0 amide bonds. The lowest BCUT2D eigenvalue weighted by molar-refractivity contribution is 0.0130. The first-order valence-electron chi connectivity index (χ1n) is 6.80. The van der Waals surface area contributed by atoms with Crippen molar-refractivity contribution in [1.29, 1.82) is 0 Å². The second-order valence-corrected chi connectivity index (χ2v) is 4.86. The highest BCUT2D eigenvalue weighted by Gasteiger charge is 2.18. The Morgan fingerprint density at radius 3 is 2.50 bits per heavy atom. The van der Waals surface area contributed by atoms with Gasteiger partial charge in [-0.05, 0) is 44.4 Å². The summed E-state index contributed by atoms with van der Waals surface area (Å²) in [6, 6.07) is 0. The number of nitrogens with one attached hydrogen (secondary N) is 1. The molecule has 1 saturated carbocycles. The van der Waals surface area contributed by atoms with Crippen LogP contribution in [0.5, 0.6) is 0 Å². The van der Waals surface area contributed by atoms with E-state index < -0.39 is 0 Å². The van der Waals surface area contributed by atoms with E-state index >= 15 is 0 Å². The summed E-state index contributed by atoms with van der Waals surface area (Å²) < 4.78 is 5.86. The first kappa shape index (κ1) is 13.6. The molecule has 1 aliphatic rings. The van der Waals surface area contributed by atoms with E-state index in [0.717, 1.165) is 18.8 Å². The van der Waals surface area contributed by atoms with E-state index in [4.69, 9.17) is 4.74 Å². The van der Waals surface area contributed by atoms with Gasteiger partial charge in [0.25, 0.3) is 0 Å². The minimum Gasteiger partial charge on any atom is -0.366 e. The summed E-state index contributed by atoms with van der Waals surface area (Å²) in [5.41, 5.74) is 1.31. The van der Waals surface area contributed by atoms with Gasteiger partial charge in [0.1, 0.15) is 6.73 Å². The first-order valence-corrected chi connectivity index (χ1v) is 6.80. The molecule has 0 radical (unpaired) electrons. The summed E-state index contributed by atoms with van der Waals surface area (Å²) in [5, 5.41) is 3.37. The molecule has 2 nitrogen and oxygen atoms in total. The van der Waals surface area contributed by atoms with Crippen molar-refractivity contribution in [3.63, 3.8) is 0 Å². The number of allylic oxidation sites excluding steroid dienone is 2. The number of hydrogen-bond donors (Lipinski definition) is 1. The lowest BCUT2D eigenvalue weighted by Crippen LogP contribution is -2.26. The SMILES string of the molecule is CC/C=C(\CC)NCOC1CCC(C)CC1. The Bertz CT molecular complexity index is 205. The van der Waals surface area contributed by atoms with Gasteiger partial charge in [-0.2, -0.15) is 0 Å². The maximum atomic E-state index is 5.86. The van der Waals surface area contributed by atoms with Crippen LogP contribution in [0.3, 0.4) is 0 Å². The van der Waals surface area contributed by atoms with E-state index in [-0.39, 0.29) is 0 Å². The minimum atomic E-state index is 0.489. The van der Waals surface area contributed by atoms with Gasteiger partial charge in [0.2, 0.25) is 0 Å². The summed E-state index contributed by atoms with van der Waals surface area (Å²) in [6.07, 6.45) is 10.0. The molecule has 0 spiro atoms. The molecule has 0 aliphatic heterocycles. The predicted molar refractivity (Wildman–Crippen MR) is 69.2 cm³/mol. The zero-order valence-electron chi connectivity index (χ0n) is 11.1. The monoisotopic (exact) mass is 225 g/mol. The largest absolute Gasteiger partial charge is 0.366 e. The quantitative estimate of drug-likeness (QED) is 0.694. The van der Waals surface area contributed by atoms with Crippen LogP contribution < -0.4 is 5.32 Å². The van der Waals surface area contributed by atoms with Crippen LogP contribution in [0.15, 0.2) is 11.8 Å². The second kappa shape index (κ2) is 7.72. The van der Waals surface area contributed by atoms with E-state index in [1.54, 1.807) is 0 Å². The maximum absolute atomic E-state index is 5.86. The molecule has 1 fully saturated rings. The van der Waals surface area contributed by atoms with Crippen molar-refractivity contribution in [2.75, 3.05) is 6.73 Å². The fourth-order valence-electron chi connectivity index (χ4n) is 2.24. The van der Waals surface area contributed by atoms with Crippen molar-refractivity contribution in [3.8, 4) is 0 Å². The third kappa shape index (κ3) is 5.02. The van der Waals surface area contributed by atoms with Gasteiger partial charge < -0.3 is 10.1 Å². The Morgan fingerprint density at radius 1 is 1.25 bits per heavy atom. The molecule has 16 heavy (non-hydrogen) atoms. The Kier molecular flexibility index (Phi) is 6.55. The smallest absolute Gasteiger partial charge is 0.116 e. The van der Waals surface area contributed by atoms with Gasteiger partial charge in [-0.25, -0.2) is 0 Å². The van der Waals surface area contributed by atoms with Crippen LogP contribution in [0, 0.1) is 5.92 Å². The third-order valence-electron chi connectivity index (χ3n) is 3.41. The molecule has 0 aromatic rings. The van der Waals surface area contributed by atoms with Crippen LogP contribution in [-0.2, 0) is 4.74 Å². The highest BCUT2D eigenvalue weighted by Crippen LogP contribution is 2.25. The third-order valence-corrected chi connectivity index (χ3v) is 3.41. The summed E-state index contributed by atoms with van der Waals surface area (Å²) in [7, 11) is 0. The summed E-state index contributed by atoms with van der Waals surface area (Å²) >= 11 is 0. The summed E-state index contributed by atoms with van der Waals surface area (Å²) in [4.78, 5) is 0. The Balaban J connectivity index is 2.13. The molecule has 2 heteroatoms. The van der Waals surface area contributed by atoms with Gasteiger partial charge in [-0.1, -0.05) is 26.8 Å². The van der Waals surface area contributed by atoms with Gasteiger partial charge in [-0.3, -0.25) is 0 Å². The van der Waals surface area contributed by atoms with Gasteiger partial charge >= 0.3 is 0 Å². The number of ether oxygens (including phenoxy) is 1.